The van der Waals surface area contributed by atoms with Crippen LogP contribution in [0.3, 0.4) is 0 Å². The van der Waals surface area contributed by atoms with Gasteiger partial charge < -0.3 is 20.6 Å². The number of nitrogens with zero attached hydrogens (tertiary/aromatic N) is 1. The predicted octanol–water partition coefficient (Wildman–Crippen LogP) is 0.492. The van der Waals surface area contributed by atoms with E-state index in [1.807, 2.05) is 13.8 Å². The summed E-state index contributed by atoms with van der Waals surface area (Å²) in [5.74, 6) is -0.886. The molecule has 0 fully saturated rings. The van der Waals surface area contributed by atoms with Crippen LogP contribution in [-0.4, -0.2) is 54.7 Å². The van der Waals surface area contributed by atoms with Gasteiger partial charge in [-0.1, -0.05) is 6.92 Å². The van der Waals surface area contributed by atoms with Gasteiger partial charge in [0.15, 0.2) is 0 Å². The Bertz CT molecular complexity index is 234. The number of urea groups is 1. The molecule has 0 aliphatic rings. The number of amides is 2. The van der Waals surface area contributed by atoms with Gasteiger partial charge >= 0.3 is 12.0 Å². The summed E-state index contributed by atoms with van der Waals surface area (Å²) in [6, 6.07) is -0.190. The van der Waals surface area contributed by atoms with E-state index in [0.717, 1.165) is 19.5 Å². The van der Waals surface area contributed by atoms with Crippen molar-refractivity contribution < 1.29 is 14.7 Å². The smallest absolute Gasteiger partial charge is 0.317 e. The molecular formula is C11H23N3O3. The average molecular weight is 245 g/mol. The van der Waals surface area contributed by atoms with E-state index in [-0.39, 0.29) is 19.0 Å². The zero-order chi connectivity index (χ0) is 13.1. The van der Waals surface area contributed by atoms with Crippen LogP contribution in [0.4, 0.5) is 4.79 Å². The van der Waals surface area contributed by atoms with Crippen molar-refractivity contribution in [2.75, 3.05) is 32.7 Å². The van der Waals surface area contributed by atoms with E-state index in [0.29, 0.717) is 13.1 Å². The quantitative estimate of drug-likeness (QED) is 0.516. The van der Waals surface area contributed by atoms with Gasteiger partial charge in [0.25, 0.3) is 0 Å². The fourth-order valence-corrected chi connectivity index (χ4v) is 1.33. The Morgan fingerprint density at radius 3 is 2.47 bits per heavy atom. The molecule has 0 spiro atoms. The van der Waals surface area contributed by atoms with Gasteiger partial charge in [-0.05, 0) is 26.4 Å². The van der Waals surface area contributed by atoms with Crippen molar-refractivity contribution in [1.82, 2.24) is 15.5 Å². The fourth-order valence-electron chi connectivity index (χ4n) is 1.33. The summed E-state index contributed by atoms with van der Waals surface area (Å²) < 4.78 is 0. The highest BCUT2D eigenvalue weighted by atomic mass is 16.4. The van der Waals surface area contributed by atoms with Crippen LogP contribution in [0.25, 0.3) is 0 Å². The summed E-state index contributed by atoms with van der Waals surface area (Å²) in [6.45, 7) is 7.04. The van der Waals surface area contributed by atoms with Gasteiger partial charge in [0, 0.05) is 19.6 Å². The molecule has 100 valence electrons. The maximum Gasteiger partial charge on any atom is 0.317 e. The van der Waals surface area contributed by atoms with Crippen LogP contribution >= 0.6 is 0 Å². The van der Waals surface area contributed by atoms with E-state index in [1.54, 1.807) is 0 Å². The summed E-state index contributed by atoms with van der Waals surface area (Å²) >= 11 is 0. The molecule has 0 atom stereocenters. The minimum absolute atomic E-state index is 0.0152. The van der Waals surface area contributed by atoms with Gasteiger partial charge in [-0.25, -0.2) is 4.79 Å². The molecule has 0 heterocycles. The third kappa shape index (κ3) is 8.50. The van der Waals surface area contributed by atoms with Crippen molar-refractivity contribution in [1.29, 1.82) is 0 Å². The molecule has 0 rings (SSSR count). The molecule has 0 radical (unpaired) electrons. The maximum absolute atomic E-state index is 11.6. The molecule has 3 N–H and O–H groups in total. The fraction of sp³-hybridized carbons (Fsp3) is 0.818. The molecule has 0 aliphatic carbocycles. The van der Waals surface area contributed by atoms with Crippen LogP contribution in [0.1, 0.15) is 26.7 Å². The van der Waals surface area contributed by atoms with Crippen molar-refractivity contribution in [3.8, 4) is 0 Å². The van der Waals surface area contributed by atoms with Crippen molar-refractivity contribution in [2.45, 2.75) is 26.7 Å². The minimum atomic E-state index is -0.886. The molecule has 0 unspecified atom stereocenters. The van der Waals surface area contributed by atoms with Gasteiger partial charge in [-0.15, -0.1) is 0 Å². The largest absolute Gasteiger partial charge is 0.481 e. The lowest BCUT2D eigenvalue weighted by molar-refractivity contribution is -0.137. The van der Waals surface area contributed by atoms with Crippen LogP contribution < -0.4 is 10.6 Å². The van der Waals surface area contributed by atoms with Gasteiger partial charge in [-0.3, -0.25) is 4.79 Å². The van der Waals surface area contributed by atoms with Crippen molar-refractivity contribution >= 4 is 12.0 Å². The number of hydrogen-bond donors (Lipinski definition) is 3. The highest BCUT2D eigenvalue weighted by Gasteiger charge is 2.11. The Balaban J connectivity index is 3.72. The summed E-state index contributed by atoms with van der Waals surface area (Å²) in [4.78, 5) is 23.5. The topological polar surface area (TPSA) is 81.7 Å². The number of aliphatic carboxylic acids is 1. The molecule has 17 heavy (non-hydrogen) atoms. The van der Waals surface area contributed by atoms with E-state index in [2.05, 4.69) is 10.6 Å². The van der Waals surface area contributed by atoms with Crippen LogP contribution in [0, 0.1) is 0 Å². The standard InChI is InChI=1S/C11H23N3O3/c1-3-12-7-5-8-13-11(17)14(4-2)9-6-10(15)16/h12H,3-9H2,1-2H3,(H,13,17)(H,15,16). The molecule has 0 saturated carbocycles. The van der Waals surface area contributed by atoms with Gasteiger partial charge in [0.1, 0.15) is 0 Å². The highest BCUT2D eigenvalue weighted by Crippen LogP contribution is 1.93. The van der Waals surface area contributed by atoms with Crippen molar-refractivity contribution in [3.63, 3.8) is 0 Å². The van der Waals surface area contributed by atoms with E-state index >= 15 is 0 Å². The summed E-state index contributed by atoms with van der Waals surface area (Å²) in [5.41, 5.74) is 0. The Labute approximate surface area is 102 Å². The third-order valence-corrected chi connectivity index (χ3v) is 2.32. The molecule has 6 nitrogen and oxygen atoms in total. The highest BCUT2D eigenvalue weighted by molar-refractivity contribution is 5.75. The first-order valence-electron chi connectivity index (χ1n) is 6.07. The van der Waals surface area contributed by atoms with Gasteiger partial charge in [0.05, 0.1) is 6.42 Å². The lowest BCUT2D eigenvalue weighted by Gasteiger charge is -2.20. The zero-order valence-corrected chi connectivity index (χ0v) is 10.7. The van der Waals surface area contributed by atoms with Crippen LogP contribution in [0.15, 0.2) is 0 Å². The minimum Gasteiger partial charge on any atom is -0.481 e. The monoisotopic (exact) mass is 245 g/mol. The molecule has 0 aliphatic heterocycles. The molecule has 0 aromatic rings. The number of carbonyl (C=O) groups is 2. The Hall–Kier alpha value is -1.30. The lowest BCUT2D eigenvalue weighted by Crippen LogP contribution is -2.41. The zero-order valence-electron chi connectivity index (χ0n) is 10.7. The molecule has 0 saturated heterocycles. The first kappa shape index (κ1) is 15.7. The molecule has 0 aromatic heterocycles. The Kier molecular flexibility index (Phi) is 9.14. The summed E-state index contributed by atoms with van der Waals surface area (Å²) in [7, 11) is 0. The first-order chi connectivity index (χ1) is 8.11. The van der Waals surface area contributed by atoms with Gasteiger partial charge in [0.2, 0.25) is 0 Å². The van der Waals surface area contributed by atoms with E-state index in [4.69, 9.17) is 5.11 Å². The summed E-state index contributed by atoms with van der Waals surface area (Å²) in [5, 5.41) is 14.5. The SMILES string of the molecule is CCNCCCNC(=O)N(CC)CCC(=O)O. The number of carboxylic acid groups (broad SMARTS) is 1. The van der Waals surface area contributed by atoms with Crippen molar-refractivity contribution in [2.24, 2.45) is 0 Å². The van der Waals surface area contributed by atoms with Crippen LogP contribution in [0.2, 0.25) is 0 Å². The first-order valence-corrected chi connectivity index (χ1v) is 6.07. The second kappa shape index (κ2) is 9.89. The Morgan fingerprint density at radius 2 is 1.94 bits per heavy atom. The molecular weight excluding hydrogens is 222 g/mol. The third-order valence-electron chi connectivity index (χ3n) is 2.32. The van der Waals surface area contributed by atoms with E-state index in [9.17, 15) is 9.59 Å². The number of nitrogens with one attached hydrogen (secondary N) is 2. The second-order valence-corrected chi connectivity index (χ2v) is 3.66. The van der Waals surface area contributed by atoms with Crippen LogP contribution in [0.5, 0.6) is 0 Å². The maximum atomic E-state index is 11.6. The molecule has 0 bridgehead atoms. The van der Waals surface area contributed by atoms with Gasteiger partial charge in [-0.2, -0.15) is 0 Å². The number of carboxylic acids is 1. The normalized spacial score (nSPS) is 10.0. The van der Waals surface area contributed by atoms with E-state index < -0.39 is 5.97 Å². The second-order valence-electron chi connectivity index (χ2n) is 3.66. The molecule has 2 amide bonds. The average Bonchev–Trinajstić information content (AvgIpc) is 2.29. The number of hydrogen-bond acceptors (Lipinski definition) is 3. The Morgan fingerprint density at radius 1 is 1.24 bits per heavy atom. The number of rotatable bonds is 9. The number of carbonyl (C=O) groups excluding carboxylic acids is 1. The van der Waals surface area contributed by atoms with Crippen LogP contribution in [-0.2, 0) is 4.79 Å². The van der Waals surface area contributed by atoms with E-state index in [1.165, 1.54) is 4.90 Å². The lowest BCUT2D eigenvalue weighted by atomic mass is 10.4. The molecule has 0 aromatic carbocycles. The predicted molar refractivity (Wildman–Crippen MR) is 66.1 cm³/mol. The van der Waals surface area contributed by atoms with Crippen molar-refractivity contribution in [3.05, 3.63) is 0 Å². The molecule has 6 heteroatoms. The summed E-state index contributed by atoms with van der Waals surface area (Å²) in [6.07, 6.45) is 0.856.